The minimum Gasteiger partial charge on any atom is -0.321 e. The van der Waals surface area contributed by atoms with Crippen molar-refractivity contribution in [2.24, 2.45) is 0 Å². The van der Waals surface area contributed by atoms with Gasteiger partial charge in [-0.05, 0) is 28.1 Å². The van der Waals surface area contributed by atoms with Crippen LogP contribution in [0.1, 0.15) is 10.4 Å². The molecule has 0 aliphatic carbocycles. The van der Waals surface area contributed by atoms with E-state index in [2.05, 4.69) is 36.4 Å². The van der Waals surface area contributed by atoms with E-state index in [4.69, 9.17) is 0 Å². The Labute approximate surface area is 100 Å². The van der Waals surface area contributed by atoms with E-state index < -0.39 is 0 Å². The van der Waals surface area contributed by atoms with Gasteiger partial charge in [0.15, 0.2) is 0 Å². The molecule has 0 saturated carbocycles. The van der Waals surface area contributed by atoms with Crippen LogP contribution in [0, 0.1) is 0 Å². The number of carbonyl (C=O) groups excluding carboxylic acids is 1. The van der Waals surface area contributed by atoms with Gasteiger partial charge in [-0.2, -0.15) is 10.2 Å². The van der Waals surface area contributed by atoms with Gasteiger partial charge in [0.2, 0.25) is 0 Å². The zero-order valence-electron chi connectivity index (χ0n) is 8.09. The highest BCUT2D eigenvalue weighted by Gasteiger charge is 2.07. The van der Waals surface area contributed by atoms with Gasteiger partial charge in [-0.1, -0.05) is 0 Å². The number of hydrogen-bond donors (Lipinski definition) is 1. The normalized spacial score (nSPS) is 9.81. The highest BCUT2D eigenvalue weighted by atomic mass is 79.9. The zero-order chi connectivity index (χ0) is 11.4. The first-order chi connectivity index (χ1) is 7.77. The Morgan fingerprint density at radius 2 is 2.06 bits per heavy atom. The van der Waals surface area contributed by atoms with Gasteiger partial charge in [0.25, 0.3) is 5.91 Å². The highest BCUT2D eigenvalue weighted by Crippen LogP contribution is 2.20. The van der Waals surface area contributed by atoms with Gasteiger partial charge < -0.3 is 5.32 Å². The maximum Gasteiger partial charge on any atom is 0.257 e. The number of nitrogens with zero attached hydrogens (tertiary/aromatic N) is 3. The van der Waals surface area contributed by atoms with Crippen molar-refractivity contribution in [2.45, 2.75) is 0 Å². The molecule has 0 atom stereocenters. The van der Waals surface area contributed by atoms with E-state index in [-0.39, 0.29) is 5.91 Å². The van der Waals surface area contributed by atoms with Gasteiger partial charge in [0.1, 0.15) is 0 Å². The zero-order valence-corrected chi connectivity index (χ0v) is 9.68. The van der Waals surface area contributed by atoms with E-state index in [1.165, 1.54) is 12.4 Å². The molecular weight excluding hydrogens is 272 g/mol. The SMILES string of the molecule is O=C(Nc1ccncc1Br)c1ccnnc1. The molecule has 0 bridgehead atoms. The third-order valence-electron chi connectivity index (χ3n) is 1.87. The molecule has 2 heterocycles. The summed E-state index contributed by atoms with van der Waals surface area (Å²) >= 11 is 3.29. The van der Waals surface area contributed by atoms with E-state index >= 15 is 0 Å². The second kappa shape index (κ2) is 4.80. The summed E-state index contributed by atoms with van der Waals surface area (Å²) in [6.07, 6.45) is 6.09. The van der Waals surface area contributed by atoms with Crippen LogP contribution in [0.15, 0.2) is 41.4 Å². The average molecular weight is 279 g/mol. The molecule has 6 heteroatoms. The molecule has 0 fully saturated rings. The summed E-state index contributed by atoms with van der Waals surface area (Å²) in [6, 6.07) is 3.30. The first-order valence-corrected chi connectivity index (χ1v) is 5.24. The molecule has 2 rings (SSSR count). The Balaban J connectivity index is 2.18. The number of hydrogen-bond acceptors (Lipinski definition) is 4. The summed E-state index contributed by atoms with van der Waals surface area (Å²) in [6.45, 7) is 0. The fraction of sp³-hybridized carbons (Fsp3) is 0. The van der Waals surface area contributed by atoms with Crippen LogP contribution >= 0.6 is 15.9 Å². The van der Waals surface area contributed by atoms with E-state index in [1.54, 1.807) is 24.5 Å². The van der Waals surface area contributed by atoms with E-state index in [0.29, 0.717) is 11.3 Å². The fourth-order valence-corrected chi connectivity index (χ4v) is 1.45. The van der Waals surface area contributed by atoms with Crippen LogP contribution in [-0.4, -0.2) is 21.1 Å². The van der Waals surface area contributed by atoms with Gasteiger partial charge in [-0.15, -0.1) is 0 Å². The predicted octanol–water partition coefficient (Wildman–Crippen LogP) is 1.89. The van der Waals surface area contributed by atoms with Crippen molar-refractivity contribution in [3.8, 4) is 0 Å². The molecule has 0 saturated heterocycles. The lowest BCUT2D eigenvalue weighted by Crippen LogP contribution is -2.12. The molecule has 0 aliphatic rings. The van der Waals surface area contributed by atoms with Crippen molar-refractivity contribution in [1.82, 2.24) is 15.2 Å². The molecule has 0 aromatic carbocycles. The van der Waals surface area contributed by atoms with Crippen LogP contribution in [-0.2, 0) is 0 Å². The van der Waals surface area contributed by atoms with Crippen LogP contribution in [0.25, 0.3) is 0 Å². The summed E-state index contributed by atoms with van der Waals surface area (Å²) < 4.78 is 0.727. The third kappa shape index (κ3) is 2.40. The maximum absolute atomic E-state index is 11.7. The van der Waals surface area contributed by atoms with Crippen LogP contribution in [0.3, 0.4) is 0 Å². The van der Waals surface area contributed by atoms with Crippen molar-refractivity contribution in [3.63, 3.8) is 0 Å². The van der Waals surface area contributed by atoms with Crippen molar-refractivity contribution in [2.75, 3.05) is 5.32 Å². The fourth-order valence-electron chi connectivity index (χ4n) is 1.10. The minimum absolute atomic E-state index is 0.234. The summed E-state index contributed by atoms with van der Waals surface area (Å²) in [7, 11) is 0. The van der Waals surface area contributed by atoms with Gasteiger partial charge >= 0.3 is 0 Å². The van der Waals surface area contributed by atoms with Crippen molar-refractivity contribution in [3.05, 3.63) is 47.0 Å². The van der Waals surface area contributed by atoms with Crippen LogP contribution in [0.2, 0.25) is 0 Å². The van der Waals surface area contributed by atoms with Crippen LogP contribution in [0.4, 0.5) is 5.69 Å². The van der Waals surface area contributed by atoms with Gasteiger partial charge in [-0.3, -0.25) is 9.78 Å². The summed E-state index contributed by atoms with van der Waals surface area (Å²) in [5.74, 6) is -0.234. The van der Waals surface area contributed by atoms with E-state index in [9.17, 15) is 4.79 Å². The Hall–Kier alpha value is -1.82. The number of aromatic nitrogens is 3. The molecule has 0 aliphatic heterocycles. The minimum atomic E-state index is -0.234. The second-order valence-electron chi connectivity index (χ2n) is 2.94. The molecular formula is C10H7BrN4O. The maximum atomic E-state index is 11.7. The van der Waals surface area contributed by atoms with E-state index in [1.807, 2.05) is 0 Å². The molecule has 5 nitrogen and oxygen atoms in total. The number of rotatable bonds is 2. The van der Waals surface area contributed by atoms with E-state index in [0.717, 1.165) is 4.47 Å². The molecule has 2 aromatic rings. The van der Waals surface area contributed by atoms with Gasteiger partial charge in [0.05, 0.1) is 28.1 Å². The quantitative estimate of drug-likeness (QED) is 0.911. The van der Waals surface area contributed by atoms with Crippen LogP contribution in [0.5, 0.6) is 0 Å². The number of carbonyl (C=O) groups is 1. The molecule has 0 spiro atoms. The van der Waals surface area contributed by atoms with Crippen LogP contribution < -0.4 is 5.32 Å². The van der Waals surface area contributed by atoms with Crippen molar-refractivity contribution < 1.29 is 4.79 Å². The number of nitrogens with one attached hydrogen (secondary N) is 1. The number of amides is 1. The second-order valence-corrected chi connectivity index (χ2v) is 3.80. The molecule has 0 radical (unpaired) electrons. The average Bonchev–Trinajstić information content (AvgIpc) is 2.33. The monoisotopic (exact) mass is 278 g/mol. The Bertz CT molecular complexity index is 503. The molecule has 0 unspecified atom stereocenters. The first kappa shape index (κ1) is 10.7. The lowest BCUT2D eigenvalue weighted by Gasteiger charge is -2.05. The Kier molecular flexibility index (Phi) is 3.21. The molecule has 2 aromatic heterocycles. The third-order valence-corrected chi connectivity index (χ3v) is 2.50. The topological polar surface area (TPSA) is 67.8 Å². The highest BCUT2D eigenvalue weighted by molar-refractivity contribution is 9.10. The lowest BCUT2D eigenvalue weighted by molar-refractivity contribution is 0.102. The smallest absolute Gasteiger partial charge is 0.257 e. The molecule has 16 heavy (non-hydrogen) atoms. The van der Waals surface area contributed by atoms with Crippen molar-refractivity contribution >= 4 is 27.5 Å². The number of halogens is 1. The number of pyridine rings is 1. The number of anilines is 1. The Morgan fingerprint density at radius 1 is 1.19 bits per heavy atom. The molecule has 80 valence electrons. The lowest BCUT2D eigenvalue weighted by atomic mass is 10.3. The molecule has 1 N–H and O–H groups in total. The molecule has 1 amide bonds. The summed E-state index contributed by atoms with van der Waals surface area (Å²) in [5.41, 5.74) is 1.12. The standard InChI is InChI=1S/C10H7BrN4O/c11-8-6-12-3-2-9(8)15-10(16)7-1-4-13-14-5-7/h1-6H,(H,12,15,16). The summed E-state index contributed by atoms with van der Waals surface area (Å²) in [5, 5.41) is 9.97. The van der Waals surface area contributed by atoms with Gasteiger partial charge in [0, 0.05) is 12.4 Å². The summed E-state index contributed by atoms with van der Waals surface area (Å²) in [4.78, 5) is 15.7. The Morgan fingerprint density at radius 3 is 2.75 bits per heavy atom. The largest absolute Gasteiger partial charge is 0.321 e. The first-order valence-electron chi connectivity index (χ1n) is 4.45. The predicted molar refractivity (Wildman–Crippen MR) is 61.9 cm³/mol. The van der Waals surface area contributed by atoms with Crippen molar-refractivity contribution in [1.29, 1.82) is 0 Å². The van der Waals surface area contributed by atoms with Gasteiger partial charge in [-0.25, -0.2) is 0 Å².